The Kier molecular flexibility index (Phi) is 8.48. The van der Waals surface area contributed by atoms with Gasteiger partial charge in [-0.3, -0.25) is 4.57 Å². The molecule has 0 amide bonds. The van der Waals surface area contributed by atoms with E-state index in [0.717, 1.165) is 4.68 Å². The van der Waals surface area contributed by atoms with E-state index in [1.165, 1.54) is 39.9 Å². The van der Waals surface area contributed by atoms with Crippen molar-refractivity contribution in [2.24, 2.45) is 0 Å². The van der Waals surface area contributed by atoms with Gasteiger partial charge in [-0.05, 0) is 36.4 Å². The molecule has 0 radical (unpaired) electrons. The van der Waals surface area contributed by atoms with E-state index >= 15 is 0 Å². The van der Waals surface area contributed by atoms with E-state index in [9.17, 15) is 36.2 Å². The summed E-state index contributed by atoms with van der Waals surface area (Å²) in [6, 6.07) is 12.1. The highest BCUT2D eigenvalue weighted by molar-refractivity contribution is 6.32. The first-order chi connectivity index (χ1) is 20.2. The van der Waals surface area contributed by atoms with Gasteiger partial charge in [0.1, 0.15) is 6.54 Å². The first kappa shape index (κ1) is 30.8. The predicted molar refractivity (Wildman–Crippen MR) is 142 cm³/mol. The van der Waals surface area contributed by atoms with Crippen molar-refractivity contribution in [2.45, 2.75) is 37.7 Å². The highest BCUT2D eigenvalue weighted by Gasteiger charge is 2.44. The van der Waals surface area contributed by atoms with Gasteiger partial charge >= 0.3 is 18.0 Å². The molecule has 5 rings (SSSR count). The Labute approximate surface area is 248 Å². The number of hydrogen-bond acceptors (Lipinski definition) is 7. The van der Waals surface area contributed by atoms with Gasteiger partial charge in [-0.15, -0.1) is 10.2 Å². The van der Waals surface area contributed by atoms with Crippen LogP contribution in [0.15, 0.2) is 53.3 Å². The molecule has 2 atom stereocenters. The van der Waals surface area contributed by atoms with Crippen LogP contribution in [-0.4, -0.2) is 78.5 Å². The van der Waals surface area contributed by atoms with E-state index in [0.29, 0.717) is 9.59 Å². The van der Waals surface area contributed by atoms with Crippen molar-refractivity contribution >= 4 is 29.2 Å². The normalized spacial score (nSPS) is 17.0. The molecule has 1 N–H and O–H groups in total. The number of benzene rings is 2. The van der Waals surface area contributed by atoms with Crippen LogP contribution in [0.1, 0.15) is 5.82 Å². The van der Waals surface area contributed by atoms with Crippen LogP contribution in [0.5, 0.6) is 0 Å². The van der Waals surface area contributed by atoms with Crippen molar-refractivity contribution in [3.8, 4) is 17.1 Å². The van der Waals surface area contributed by atoms with Crippen LogP contribution < -0.4 is 10.6 Å². The van der Waals surface area contributed by atoms with Crippen molar-refractivity contribution in [3.63, 3.8) is 0 Å². The highest BCUT2D eigenvalue weighted by atomic mass is 35.5. The van der Waals surface area contributed by atoms with Crippen LogP contribution in [0.3, 0.4) is 0 Å². The molecule has 0 bridgehead atoms. The molecule has 18 heteroatoms. The summed E-state index contributed by atoms with van der Waals surface area (Å²) in [5, 5.41) is 18.8. The molecule has 1 aliphatic heterocycles. The van der Waals surface area contributed by atoms with Crippen LogP contribution in [0, 0.1) is 0 Å². The first-order valence-electron chi connectivity index (χ1n) is 12.5. The smallest absolute Gasteiger partial charge is 0.382 e. The van der Waals surface area contributed by atoms with Crippen molar-refractivity contribution in [1.29, 1.82) is 0 Å². The quantitative estimate of drug-likeness (QED) is 0.297. The van der Waals surface area contributed by atoms with Crippen LogP contribution >= 0.6 is 23.2 Å². The number of nitrogens with zero attached hydrogens (tertiary/aromatic N) is 7. The van der Waals surface area contributed by atoms with Gasteiger partial charge in [0.15, 0.2) is 23.9 Å². The number of rotatable bonds is 7. The van der Waals surface area contributed by atoms with E-state index in [1.54, 1.807) is 18.2 Å². The van der Waals surface area contributed by atoms with Crippen LogP contribution in [0.25, 0.3) is 17.1 Å². The summed E-state index contributed by atoms with van der Waals surface area (Å²) >= 11 is 12.3. The minimum atomic E-state index is -5.02. The summed E-state index contributed by atoms with van der Waals surface area (Å²) in [6.07, 6.45) is -14.6. The Balaban J connectivity index is 1.56. The Hall–Kier alpha value is -3.60. The van der Waals surface area contributed by atoms with Crippen LogP contribution in [-0.2, 0) is 17.8 Å². The fourth-order valence-corrected chi connectivity index (χ4v) is 4.70. The summed E-state index contributed by atoms with van der Waals surface area (Å²) in [7, 11) is 0. The molecule has 4 aromatic rings. The molecule has 230 valence electrons. The third-order valence-electron chi connectivity index (χ3n) is 6.48. The van der Waals surface area contributed by atoms with Crippen LogP contribution in [0.4, 0.5) is 32.3 Å². The van der Waals surface area contributed by atoms with E-state index in [-0.39, 0.29) is 47.0 Å². The monoisotopic (exact) mass is 651 g/mol. The lowest BCUT2D eigenvalue weighted by atomic mass is 10.2. The number of morpholine rings is 1. The maximum absolute atomic E-state index is 13.5. The topological polar surface area (TPSA) is 103 Å². The molecule has 1 aliphatic rings. The number of aromatic nitrogens is 6. The third-order valence-corrected chi connectivity index (χ3v) is 7.05. The minimum Gasteiger partial charge on any atom is -0.382 e. The number of para-hydroxylation sites is 1. The molecule has 3 heterocycles. The maximum Gasteiger partial charge on any atom is 0.416 e. The fourth-order valence-electron chi connectivity index (χ4n) is 4.36. The Morgan fingerprint density at radius 1 is 1.02 bits per heavy atom. The number of halogens is 8. The lowest BCUT2D eigenvalue weighted by molar-refractivity contribution is -0.221. The third kappa shape index (κ3) is 6.66. The van der Waals surface area contributed by atoms with Gasteiger partial charge in [-0.25, -0.2) is 9.48 Å². The van der Waals surface area contributed by atoms with E-state index in [4.69, 9.17) is 27.9 Å². The molecule has 1 saturated heterocycles. The molecule has 0 spiro atoms. The van der Waals surface area contributed by atoms with Gasteiger partial charge in [0.05, 0.1) is 30.4 Å². The SMILES string of the molecule is O=c1n(Cc2nc(N3CCOC(C(F)(F)F)C3)n(-c3ccccc3Cl)n2)nc(-c2ccc(Cl)cc2)n1CC(O)C(F)(F)F. The van der Waals surface area contributed by atoms with Crippen molar-refractivity contribution in [1.82, 2.24) is 29.1 Å². The summed E-state index contributed by atoms with van der Waals surface area (Å²) < 4.78 is 87.5. The standard InChI is InChI=1S/C25H21Cl2F6N7O3/c26-15-7-5-14(6-8-15)21-36-39(23(42)38(21)11-18(41)24(28,29)30)13-20-34-22(37-9-10-43-19(12-37)25(31,32)33)40(35-20)17-4-2-1-3-16(17)27/h1-8,18-19,41H,9-13H2. The molecule has 2 aromatic carbocycles. The Morgan fingerprint density at radius 3 is 2.37 bits per heavy atom. The average molecular weight is 652 g/mol. The average Bonchev–Trinajstić information content (AvgIpc) is 3.50. The summed E-state index contributed by atoms with van der Waals surface area (Å²) in [6.45, 7) is -2.47. The number of alkyl halides is 6. The van der Waals surface area contributed by atoms with E-state index in [1.807, 2.05) is 0 Å². The molecule has 0 saturated carbocycles. The van der Waals surface area contributed by atoms with Crippen molar-refractivity contribution in [3.05, 3.63) is 74.9 Å². The van der Waals surface area contributed by atoms with E-state index in [2.05, 4.69) is 15.2 Å². The second-order valence-electron chi connectivity index (χ2n) is 9.48. The fraction of sp³-hybridized carbons (Fsp3) is 0.360. The second kappa shape index (κ2) is 11.8. The lowest BCUT2D eigenvalue weighted by Crippen LogP contribution is -2.50. The predicted octanol–water partition coefficient (Wildman–Crippen LogP) is 4.34. The second-order valence-corrected chi connectivity index (χ2v) is 10.3. The summed E-state index contributed by atoms with van der Waals surface area (Å²) in [5.74, 6) is -0.328. The van der Waals surface area contributed by atoms with Crippen molar-refractivity contribution < 1.29 is 36.2 Å². The van der Waals surface area contributed by atoms with E-state index < -0.39 is 49.9 Å². The number of aliphatic hydroxyl groups excluding tert-OH is 1. The van der Waals surface area contributed by atoms with Crippen molar-refractivity contribution in [2.75, 3.05) is 24.6 Å². The Bertz CT molecular complexity index is 1650. The number of hydrogen-bond donors (Lipinski definition) is 1. The number of ether oxygens (including phenoxy) is 1. The first-order valence-corrected chi connectivity index (χ1v) is 13.3. The molecule has 0 aliphatic carbocycles. The number of anilines is 1. The minimum absolute atomic E-state index is 0.0276. The molecule has 43 heavy (non-hydrogen) atoms. The Morgan fingerprint density at radius 2 is 1.72 bits per heavy atom. The van der Waals surface area contributed by atoms with Crippen LogP contribution in [0.2, 0.25) is 10.0 Å². The van der Waals surface area contributed by atoms with Gasteiger partial charge in [0.25, 0.3) is 0 Å². The van der Waals surface area contributed by atoms with Gasteiger partial charge in [-0.2, -0.15) is 36.0 Å². The lowest BCUT2D eigenvalue weighted by Gasteiger charge is -2.34. The molecular weight excluding hydrogens is 631 g/mol. The highest BCUT2D eigenvalue weighted by Crippen LogP contribution is 2.30. The summed E-state index contributed by atoms with van der Waals surface area (Å²) in [5.41, 5.74) is -0.509. The molecule has 2 unspecified atom stereocenters. The molecular formula is C25H21Cl2F6N7O3. The zero-order valence-corrected chi connectivity index (χ0v) is 23.2. The number of aliphatic hydroxyl groups is 1. The zero-order chi connectivity index (χ0) is 31.1. The molecule has 1 fully saturated rings. The largest absolute Gasteiger partial charge is 0.416 e. The van der Waals surface area contributed by atoms with Gasteiger partial charge in [0, 0.05) is 17.1 Å². The van der Waals surface area contributed by atoms with Gasteiger partial charge < -0.3 is 14.7 Å². The maximum atomic E-state index is 13.5. The molecule has 10 nitrogen and oxygen atoms in total. The summed E-state index contributed by atoms with van der Waals surface area (Å²) in [4.78, 5) is 19.0. The van der Waals surface area contributed by atoms with Gasteiger partial charge in [-0.1, -0.05) is 35.3 Å². The zero-order valence-electron chi connectivity index (χ0n) is 21.7. The van der Waals surface area contributed by atoms with Gasteiger partial charge in [0.2, 0.25) is 5.95 Å². The molecule has 2 aromatic heterocycles.